The lowest BCUT2D eigenvalue weighted by Crippen LogP contribution is -2.46. The zero-order chi connectivity index (χ0) is 21.4. The number of rotatable bonds is 10. The lowest BCUT2D eigenvalue weighted by Gasteiger charge is -2.13. The average molecular weight is 406 g/mol. The van der Waals surface area contributed by atoms with Crippen molar-refractivity contribution in [3.63, 3.8) is 0 Å². The van der Waals surface area contributed by atoms with Gasteiger partial charge in [0, 0.05) is 6.42 Å². The smallest absolute Gasteiger partial charge is 0.326 e. The van der Waals surface area contributed by atoms with Gasteiger partial charge in [-0.2, -0.15) is 4.98 Å². The minimum absolute atomic E-state index is 0.0836. The number of nitrogens with two attached hydrogens (primary N) is 2. The van der Waals surface area contributed by atoms with E-state index in [1.54, 1.807) is 24.3 Å². The lowest BCUT2D eigenvalue weighted by atomic mass is 10.1. The molecule has 1 heterocycles. The van der Waals surface area contributed by atoms with E-state index in [4.69, 9.17) is 21.1 Å². The first-order chi connectivity index (χ1) is 13.7. The van der Waals surface area contributed by atoms with Gasteiger partial charge in [0.15, 0.2) is 5.82 Å². The van der Waals surface area contributed by atoms with Crippen molar-refractivity contribution in [2.24, 2.45) is 11.5 Å². The Morgan fingerprint density at radius 3 is 2.52 bits per heavy atom. The maximum atomic E-state index is 11.8. The molecule has 8 N–H and O–H groups in total. The molecule has 2 atom stereocenters. The summed E-state index contributed by atoms with van der Waals surface area (Å²) in [5, 5.41) is 26.7. The summed E-state index contributed by atoms with van der Waals surface area (Å²) in [5.41, 5.74) is 11.9. The van der Waals surface area contributed by atoms with E-state index in [2.05, 4.69) is 20.8 Å². The molecule has 1 aromatic heterocycles. The predicted molar refractivity (Wildman–Crippen MR) is 98.3 cm³/mol. The largest absolute Gasteiger partial charge is 0.508 e. The number of aromatic nitrogens is 2. The third-order valence-electron chi connectivity index (χ3n) is 3.89. The summed E-state index contributed by atoms with van der Waals surface area (Å²) in [6.07, 6.45) is 0.103. The van der Waals surface area contributed by atoms with Gasteiger partial charge in [-0.15, -0.1) is 0 Å². The Labute approximate surface area is 165 Å². The van der Waals surface area contributed by atoms with Crippen LogP contribution in [0.2, 0.25) is 0 Å². The summed E-state index contributed by atoms with van der Waals surface area (Å²) in [4.78, 5) is 37.8. The van der Waals surface area contributed by atoms with Crippen molar-refractivity contribution in [1.29, 1.82) is 0 Å². The number of nitrogens with zero attached hydrogens (tertiary/aromatic N) is 2. The maximum Gasteiger partial charge on any atom is 0.326 e. The highest BCUT2D eigenvalue weighted by atomic mass is 16.5. The zero-order valence-corrected chi connectivity index (χ0v) is 15.4. The molecule has 0 aliphatic heterocycles. The van der Waals surface area contributed by atoms with E-state index in [0.717, 1.165) is 5.56 Å². The molecule has 12 heteroatoms. The third-order valence-corrected chi connectivity index (χ3v) is 3.89. The number of carboxylic acid groups (broad SMARTS) is 1. The van der Waals surface area contributed by atoms with Gasteiger partial charge in [0.05, 0.1) is 12.6 Å². The second-order valence-electron chi connectivity index (χ2n) is 6.25. The number of carboxylic acids is 1. The Morgan fingerprint density at radius 1 is 1.21 bits per heavy atom. The summed E-state index contributed by atoms with van der Waals surface area (Å²) in [6.45, 7) is -0.146. The Balaban J connectivity index is 1.84. The van der Waals surface area contributed by atoms with E-state index in [1.807, 2.05) is 0 Å². The fourth-order valence-electron chi connectivity index (χ4n) is 2.38. The summed E-state index contributed by atoms with van der Waals surface area (Å²) in [7, 11) is 0. The van der Waals surface area contributed by atoms with Crippen LogP contribution in [0, 0.1) is 0 Å². The van der Waals surface area contributed by atoms with E-state index in [9.17, 15) is 19.5 Å². The molecule has 1 aromatic carbocycles. The number of urea groups is 1. The van der Waals surface area contributed by atoms with E-state index >= 15 is 0 Å². The van der Waals surface area contributed by atoms with E-state index < -0.39 is 30.0 Å². The molecule has 0 aliphatic rings. The normalized spacial score (nSPS) is 12.7. The molecule has 0 unspecified atom stereocenters. The number of hydrogen-bond donors (Lipinski definition) is 6. The molecule has 2 rings (SSSR count). The number of phenols is 1. The standard InChI is InChI=1S/C17H22N6O6/c18-11(7-9-1-3-10(24)4-2-9)15-22-14(29-23-15)8-20-17(28)21-12(16(26)27)5-6-13(19)25/h1-4,11-12,24H,5-8,18H2,(H2,19,25)(H,26,27)(H2,20,21,28)/t11-,12-/m0/s1. The van der Waals surface area contributed by atoms with Crippen LogP contribution in [0.4, 0.5) is 4.79 Å². The van der Waals surface area contributed by atoms with Gasteiger partial charge in [-0.05, 0) is 30.5 Å². The Hall–Kier alpha value is -3.67. The van der Waals surface area contributed by atoms with E-state index in [1.165, 1.54) is 0 Å². The van der Waals surface area contributed by atoms with Crippen LogP contribution in [0.15, 0.2) is 28.8 Å². The second kappa shape index (κ2) is 10.0. The SMILES string of the molecule is NC(=O)CC[C@H](NC(=O)NCc1nc([C@@H](N)Cc2ccc(O)cc2)no1)C(=O)O. The van der Waals surface area contributed by atoms with Gasteiger partial charge in [-0.3, -0.25) is 4.79 Å². The number of amides is 3. The molecular formula is C17H22N6O6. The van der Waals surface area contributed by atoms with Gasteiger partial charge in [-0.1, -0.05) is 17.3 Å². The molecule has 0 bridgehead atoms. The quantitative estimate of drug-likeness (QED) is 0.301. The van der Waals surface area contributed by atoms with Crippen molar-refractivity contribution in [1.82, 2.24) is 20.8 Å². The predicted octanol–water partition coefficient (Wildman–Crippen LogP) is -0.464. The van der Waals surface area contributed by atoms with Gasteiger partial charge in [0.25, 0.3) is 0 Å². The summed E-state index contributed by atoms with van der Waals surface area (Å²) in [6, 6.07) is 3.92. The van der Waals surface area contributed by atoms with Gasteiger partial charge >= 0.3 is 12.0 Å². The van der Waals surface area contributed by atoms with Gasteiger partial charge in [0.2, 0.25) is 11.8 Å². The molecule has 0 aliphatic carbocycles. The minimum atomic E-state index is -1.29. The van der Waals surface area contributed by atoms with Crippen LogP contribution >= 0.6 is 0 Å². The van der Waals surface area contributed by atoms with Crippen molar-refractivity contribution in [3.8, 4) is 5.75 Å². The number of hydrogen-bond acceptors (Lipinski definition) is 8. The number of carbonyl (C=O) groups excluding carboxylic acids is 2. The number of primary amides is 1. The molecule has 0 spiro atoms. The summed E-state index contributed by atoms with van der Waals surface area (Å²) in [5.74, 6) is -1.49. The summed E-state index contributed by atoms with van der Waals surface area (Å²) >= 11 is 0. The van der Waals surface area contributed by atoms with Crippen molar-refractivity contribution in [2.45, 2.75) is 37.9 Å². The molecule has 0 saturated carbocycles. The summed E-state index contributed by atoms with van der Waals surface area (Å²) < 4.78 is 5.02. The van der Waals surface area contributed by atoms with E-state index in [0.29, 0.717) is 6.42 Å². The van der Waals surface area contributed by atoms with Crippen LogP contribution in [-0.4, -0.2) is 44.3 Å². The van der Waals surface area contributed by atoms with Crippen molar-refractivity contribution in [2.75, 3.05) is 0 Å². The number of benzene rings is 1. The highest BCUT2D eigenvalue weighted by Gasteiger charge is 2.21. The minimum Gasteiger partial charge on any atom is -0.508 e. The Morgan fingerprint density at radius 2 is 1.90 bits per heavy atom. The van der Waals surface area contributed by atoms with Gasteiger partial charge in [0.1, 0.15) is 11.8 Å². The molecule has 3 amide bonds. The number of phenolic OH excluding ortho intramolecular Hbond substituents is 1. The van der Waals surface area contributed by atoms with Crippen LogP contribution in [-0.2, 0) is 22.6 Å². The number of carbonyl (C=O) groups is 3. The number of aliphatic carboxylic acids is 1. The number of aromatic hydroxyl groups is 1. The molecular weight excluding hydrogens is 384 g/mol. The van der Waals surface area contributed by atoms with Gasteiger partial charge in [-0.25, -0.2) is 9.59 Å². The Kier molecular flexibility index (Phi) is 7.48. The first-order valence-corrected chi connectivity index (χ1v) is 8.66. The van der Waals surface area contributed by atoms with E-state index in [-0.39, 0.29) is 36.9 Å². The topological polar surface area (TPSA) is 207 Å². The number of nitrogens with one attached hydrogen (secondary N) is 2. The highest BCUT2D eigenvalue weighted by molar-refractivity contribution is 5.83. The van der Waals surface area contributed by atoms with Gasteiger partial charge < -0.3 is 36.8 Å². The molecule has 29 heavy (non-hydrogen) atoms. The first kappa shape index (κ1) is 21.6. The fourth-order valence-corrected chi connectivity index (χ4v) is 2.38. The van der Waals surface area contributed by atoms with Crippen molar-refractivity contribution in [3.05, 3.63) is 41.5 Å². The lowest BCUT2D eigenvalue weighted by molar-refractivity contribution is -0.139. The molecule has 0 fully saturated rings. The maximum absolute atomic E-state index is 11.8. The van der Waals surface area contributed by atoms with Crippen LogP contribution < -0.4 is 22.1 Å². The van der Waals surface area contributed by atoms with Crippen molar-refractivity contribution < 1.29 is 29.1 Å². The van der Waals surface area contributed by atoms with Crippen LogP contribution in [0.25, 0.3) is 0 Å². The highest BCUT2D eigenvalue weighted by Crippen LogP contribution is 2.16. The third kappa shape index (κ3) is 7.10. The molecule has 0 saturated heterocycles. The zero-order valence-electron chi connectivity index (χ0n) is 15.4. The van der Waals surface area contributed by atoms with Crippen LogP contribution in [0.5, 0.6) is 5.75 Å². The fraction of sp³-hybridized carbons (Fsp3) is 0.353. The average Bonchev–Trinajstić information content (AvgIpc) is 3.14. The molecule has 2 aromatic rings. The van der Waals surface area contributed by atoms with Crippen LogP contribution in [0.3, 0.4) is 0 Å². The van der Waals surface area contributed by atoms with Crippen LogP contribution in [0.1, 0.15) is 36.2 Å². The molecule has 156 valence electrons. The molecule has 12 nitrogen and oxygen atoms in total. The second-order valence-corrected chi connectivity index (χ2v) is 6.25. The first-order valence-electron chi connectivity index (χ1n) is 8.66. The van der Waals surface area contributed by atoms with Crippen molar-refractivity contribution >= 4 is 17.9 Å². The monoisotopic (exact) mass is 406 g/mol. The molecule has 0 radical (unpaired) electrons. The Bertz CT molecular complexity index is 852.